The zero-order valence-corrected chi connectivity index (χ0v) is 12.9. The molecule has 3 atom stereocenters. The number of hydrogen-bond donors (Lipinski definition) is 2. The molecule has 1 fully saturated rings. The van der Waals surface area contributed by atoms with Gasteiger partial charge in [-0.15, -0.1) is 0 Å². The van der Waals surface area contributed by atoms with Crippen LogP contribution in [0.2, 0.25) is 5.02 Å². The number of aliphatic hydroxyl groups is 1. The van der Waals surface area contributed by atoms with Crippen LogP contribution in [0, 0.1) is 11.7 Å². The number of nitrogens with zero attached hydrogens (tertiary/aromatic N) is 1. The highest BCUT2D eigenvalue weighted by Gasteiger charge is 2.29. The first-order chi connectivity index (χ1) is 9.88. The molecule has 116 valence electrons. The molecule has 21 heavy (non-hydrogen) atoms. The number of halogens is 2. The van der Waals surface area contributed by atoms with Crippen molar-refractivity contribution in [3.8, 4) is 0 Å². The zero-order chi connectivity index (χ0) is 15.6. The van der Waals surface area contributed by atoms with Gasteiger partial charge in [0, 0.05) is 19.0 Å². The highest BCUT2D eigenvalue weighted by molar-refractivity contribution is 6.30. The summed E-state index contributed by atoms with van der Waals surface area (Å²) in [6, 6.07) is 4.00. The maximum Gasteiger partial charge on any atom is 0.317 e. The van der Waals surface area contributed by atoms with Crippen molar-refractivity contribution in [1.29, 1.82) is 0 Å². The van der Waals surface area contributed by atoms with E-state index < -0.39 is 11.9 Å². The molecule has 0 aliphatic carbocycles. The maximum atomic E-state index is 13.4. The van der Waals surface area contributed by atoms with Gasteiger partial charge in [-0.2, -0.15) is 0 Å². The van der Waals surface area contributed by atoms with Crippen molar-refractivity contribution in [1.82, 2.24) is 10.2 Å². The average Bonchev–Trinajstić information content (AvgIpc) is 2.91. The van der Waals surface area contributed by atoms with Crippen LogP contribution in [0.25, 0.3) is 0 Å². The lowest BCUT2D eigenvalue weighted by Crippen LogP contribution is -2.40. The Hall–Kier alpha value is -1.33. The van der Waals surface area contributed by atoms with E-state index in [4.69, 9.17) is 11.6 Å². The standard InChI is InChI=1S/C15H20ClFN2O2/c1-9(11-3-4-13(16)14(17)7-11)18-15(21)19-6-5-12(8-19)10(2)20/h3-4,7,9-10,12,20H,5-6,8H2,1-2H3,(H,18,21)/t9-,10-,12+/m0/s1. The van der Waals surface area contributed by atoms with Gasteiger partial charge in [-0.05, 0) is 38.0 Å². The van der Waals surface area contributed by atoms with E-state index in [9.17, 15) is 14.3 Å². The van der Waals surface area contributed by atoms with E-state index in [0.29, 0.717) is 18.7 Å². The average molecular weight is 315 g/mol. The van der Waals surface area contributed by atoms with Crippen LogP contribution in [0.5, 0.6) is 0 Å². The summed E-state index contributed by atoms with van der Waals surface area (Å²) >= 11 is 5.65. The smallest absolute Gasteiger partial charge is 0.317 e. The topological polar surface area (TPSA) is 52.6 Å². The van der Waals surface area contributed by atoms with Gasteiger partial charge in [-0.3, -0.25) is 0 Å². The summed E-state index contributed by atoms with van der Waals surface area (Å²) in [6.07, 6.45) is 0.389. The normalized spacial score (nSPS) is 21.2. The summed E-state index contributed by atoms with van der Waals surface area (Å²) in [4.78, 5) is 13.8. The third-order valence-corrected chi connectivity index (χ3v) is 4.28. The minimum atomic E-state index is -0.495. The van der Waals surface area contributed by atoms with Gasteiger partial charge in [0.1, 0.15) is 5.82 Å². The number of hydrogen-bond acceptors (Lipinski definition) is 2. The Bertz CT molecular complexity index is 524. The van der Waals surface area contributed by atoms with Crippen LogP contribution in [0.3, 0.4) is 0 Å². The van der Waals surface area contributed by atoms with Crippen LogP contribution in [0.15, 0.2) is 18.2 Å². The zero-order valence-electron chi connectivity index (χ0n) is 12.1. The molecule has 0 unspecified atom stereocenters. The van der Waals surface area contributed by atoms with Crippen molar-refractivity contribution in [2.75, 3.05) is 13.1 Å². The predicted octanol–water partition coefficient (Wildman–Crippen LogP) is 2.95. The van der Waals surface area contributed by atoms with Crippen molar-refractivity contribution >= 4 is 17.6 Å². The largest absolute Gasteiger partial charge is 0.393 e. The van der Waals surface area contributed by atoms with E-state index in [1.807, 2.05) is 0 Å². The third-order valence-electron chi connectivity index (χ3n) is 3.98. The number of aliphatic hydroxyl groups excluding tert-OH is 1. The second-order valence-corrected chi connectivity index (χ2v) is 5.99. The number of likely N-dealkylation sites (tertiary alicyclic amines) is 1. The quantitative estimate of drug-likeness (QED) is 0.901. The molecule has 0 radical (unpaired) electrons. The van der Waals surface area contributed by atoms with Crippen LogP contribution in [0.4, 0.5) is 9.18 Å². The SMILES string of the molecule is C[C@H](NC(=O)N1CC[C@@H]([C@H](C)O)C1)c1ccc(Cl)c(F)c1. The molecule has 2 rings (SSSR count). The van der Waals surface area contributed by atoms with Gasteiger partial charge in [0.25, 0.3) is 0 Å². The highest BCUT2D eigenvalue weighted by atomic mass is 35.5. The molecule has 1 aromatic rings. The first-order valence-electron chi connectivity index (χ1n) is 7.07. The second-order valence-electron chi connectivity index (χ2n) is 5.58. The third kappa shape index (κ3) is 3.86. The van der Waals surface area contributed by atoms with Crippen LogP contribution in [-0.2, 0) is 0 Å². The highest BCUT2D eigenvalue weighted by Crippen LogP contribution is 2.22. The second kappa shape index (κ2) is 6.62. The molecule has 1 aromatic carbocycles. The Morgan fingerprint density at radius 3 is 2.81 bits per heavy atom. The van der Waals surface area contributed by atoms with Crippen molar-refractivity contribution in [3.05, 3.63) is 34.6 Å². The minimum Gasteiger partial charge on any atom is -0.393 e. The Morgan fingerprint density at radius 1 is 1.52 bits per heavy atom. The molecule has 1 aliphatic rings. The molecule has 2 N–H and O–H groups in total. The Labute approximate surface area is 128 Å². The van der Waals surface area contributed by atoms with E-state index in [1.54, 1.807) is 24.8 Å². The number of rotatable bonds is 3. The van der Waals surface area contributed by atoms with Crippen molar-refractivity contribution < 1.29 is 14.3 Å². The number of nitrogens with one attached hydrogen (secondary N) is 1. The fraction of sp³-hybridized carbons (Fsp3) is 0.533. The van der Waals surface area contributed by atoms with Crippen LogP contribution in [0.1, 0.15) is 31.9 Å². The summed E-state index contributed by atoms with van der Waals surface area (Å²) in [6.45, 7) is 4.71. The van der Waals surface area contributed by atoms with Crippen molar-refractivity contribution in [2.24, 2.45) is 5.92 Å². The van der Waals surface area contributed by atoms with Gasteiger partial charge in [-0.25, -0.2) is 9.18 Å². The lowest BCUT2D eigenvalue weighted by Gasteiger charge is -2.22. The number of carbonyl (C=O) groups excluding carboxylic acids is 1. The summed E-state index contributed by atoms with van der Waals surface area (Å²) in [5, 5.41) is 12.5. The van der Waals surface area contributed by atoms with Gasteiger partial charge in [-0.1, -0.05) is 17.7 Å². The first kappa shape index (κ1) is 16.0. The lowest BCUT2D eigenvalue weighted by atomic mass is 10.0. The molecule has 0 aromatic heterocycles. The van der Waals surface area contributed by atoms with Crippen LogP contribution < -0.4 is 5.32 Å². The number of urea groups is 1. The van der Waals surface area contributed by atoms with Crippen molar-refractivity contribution in [3.63, 3.8) is 0 Å². The molecule has 6 heteroatoms. The molecule has 0 bridgehead atoms. The minimum absolute atomic E-state index is 0.0663. The number of carbonyl (C=O) groups is 1. The molecule has 0 spiro atoms. The molecular formula is C15H20ClFN2O2. The lowest BCUT2D eigenvalue weighted by molar-refractivity contribution is 0.129. The summed E-state index contributed by atoms with van der Waals surface area (Å²) in [5.41, 5.74) is 0.663. The van der Waals surface area contributed by atoms with Gasteiger partial charge in [0.15, 0.2) is 0 Å². The van der Waals surface area contributed by atoms with E-state index in [2.05, 4.69) is 5.32 Å². The van der Waals surface area contributed by atoms with Crippen LogP contribution >= 0.6 is 11.6 Å². The van der Waals surface area contributed by atoms with Crippen LogP contribution in [-0.4, -0.2) is 35.2 Å². The van der Waals surface area contributed by atoms with Crippen molar-refractivity contribution in [2.45, 2.75) is 32.4 Å². The van der Waals surface area contributed by atoms with E-state index in [1.165, 1.54) is 12.1 Å². The Balaban J connectivity index is 1.95. The summed E-state index contributed by atoms with van der Waals surface area (Å²) in [5.74, 6) is -0.371. The predicted molar refractivity (Wildman–Crippen MR) is 79.7 cm³/mol. The van der Waals surface area contributed by atoms with E-state index >= 15 is 0 Å². The molecule has 2 amide bonds. The first-order valence-corrected chi connectivity index (χ1v) is 7.44. The monoisotopic (exact) mass is 314 g/mol. The van der Waals surface area contributed by atoms with Gasteiger partial charge in [0.05, 0.1) is 17.2 Å². The molecule has 1 heterocycles. The number of amides is 2. The fourth-order valence-corrected chi connectivity index (χ4v) is 2.62. The Morgan fingerprint density at radius 2 is 2.24 bits per heavy atom. The Kier molecular flexibility index (Phi) is 5.06. The molecular weight excluding hydrogens is 295 g/mol. The molecule has 4 nitrogen and oxygen atoms in total. The molecule has 1 saturated heterocycles. The molecule has 0 saturated carbocycles. The maximum absolute atomic E-state index is 13.4. The summed E-state index contributed by atoms with van der Waals surface area (Å²) in [7, 11) is 0. The fourth-order valence-electron chi connectivity index (χ4n) is 2.51. The summed E-state index contributed by atoms with van der Waals surface area (Å²) < 4.78 is 13.4. The van der Waals surface area contributed by atoms with Gasteiger partial charge >= 0.3 is 6.03 Å². The van der Waals surface area contributed by atoms with Gasteiger partial charge < -0.3 is 15.3 Å². The van der Waals surface area contributed by atoms with E-state index in [0.717, 1.165) is 6.42 Å². The van der Waals surface area contributed by atoms with Gasteiger partial charge in [0.2, 0.25) is 0 Å². The van der Waals surface area contributed by atoms with E-state index in [-0.39, 0.29) is 23.0 Å². The number of benzene rings is 1. The molecule has 1 aliphatic heterocycles.